The van der Waals surface area contributed by atoms with Gasteiger partial charge < -0.3 is 5.73 Å². The smallest absolute Gasteiger partial charge is 0.142 e. The Balaban J connectivity index is 2.07. The highest BCUT2D eigenvalue weighted by Gasteiger charge is 2.48. The fourth-order valence-electron chi connectivity index (χ4n) is 2.34. The summed E-state index contributed by atoms with van der Waals surface area (Å²) in [4.78, 5) is 0. The molecule has 0 aromatic heterocycles. The number of halogens is 2. The quantitative estimate of drug-likeness (QED) is 0.863. The van der Waals surface area contributed by atoms with Crippen molar-refractivity contribution in [3.8, 4) is 0 Å². The van der Waals surface area contributed by atoms with Crippen LogP contribution in [0, 0.1) is 17.2 Å². The molecule has 0 amide bonds. The van der Waals surface area contributed by atoms with Gasteiger partial charge in [0, 0.05) is 6.04 Å². The maximum atomic E-state index is 13.2. The van der Waals surface area contributed by atoms with Crippen LogP contribution in [0.5, 0.6) is 0 Å². The van der Waals surface area contributed by atoms with Crippen molar-refractivity contribution < 1.29 is 4.39 Å². The maximum absolute atomic E-state index is 13.2. The zero-order valence-electron chi connectivity index (χ0n) is 9.63. The number of hydrogen-bond donors (Lipinski definition) is 1. The van der Waals surface area contributed by atoms with Crippen molar-refractivity contribution >= 4 is 11.6 Å². The van der Waals surface area contributed by atoms with Crippen LogP contribution in [0.1, 0.15) is 25.8 Å². The van der Waals surface area contributed by atoms with E-state index in [-0.39, 0.29) is 16.9 Å². The second-order valence-electron chi connectivity index (χ2n) is 5.38. The van der Waals surface area contributed by atoms with Crippen LogP contribution in [0.15, 0.2) is 18.2 Å². The minimum atomic E-state index is -0.360. The van der Waals surface area contributed by atoms with Crippen molar-refractivity contribution in [2.45, 2.75) is 32.7 Å². The zero-order chi connectivity index (χ0) is 11.9. The lowest BCUT2D eigenvalue weighted by Crippen LogP contribution is -2.27. The SMILES string of the molecule is CC1(C)CC1C(N)Cc1cccc(F)c1Cl. The van der Waals surface area contributed by atoms with Gasteiger partial charge in [0.2, 0.25) is 0 Å². The van der Waals surface area contributed by atoms with Gasteiger partial charge in [-0.15, -0.1) is 0 Å². The van der Waals surface area contributed by atoms with Crippen LogP contribution in [0.4, 0.5) is 4.39 Å². The van der Waals surface area contributed by atoms with Crippen LogP contribution >= 0.6 is 11.6 Å². The lowest BCUT2D eigenvalue weighted by molar-refractivity contribution is 0.476. The van der Waals surface area contributed by atoms with E-state index in [9.17, 15) is 4.39 Å². The Morgan fingerprint density at radius 3 is 2.75 bits per heavy atom. The van der Waals surface area contributed by atoms with Gasteiger partial charge in [-0.25, -0.2) is 4.39 Å². The first-order valence-corrected chi connectivity index (χ1v) is 5.98. The predicted molar refractivity (Wildman–Crippen MR) is 65.0 cm³/mol. The molecule has 2 unspecified atom stereocenters. The first-order valence-electron chi connectivity index (χ1n) is 5.60. The molecule has 2 rings (SSSR count). The summed E-state index contributed by atoms with van der Waals surface area (Å²) >= 11 is 5.90. The van der Waals surface area contributed by atoms with Crippen molar-refractivity contribution in [1.82, 2.24) is 0 Å². The number of nitrogens with two attached hydrogens (primary N) is 1. The minimum absolute atomic E-state index is 0.0781. The third kappa shape index (κ3) is 2.23. The molecule has 0 heterocycles. The van der Waals surface area contributed by atoms with Gasteiger partial charge in [0.05, 0.1) is 5.02 Å². The highest BCUT2D eigenvalue weighted by atomic mass is 35.5. The summed E-state index contributed by atoms with van der Waals surface area (Å²) in [6.07, 6.45) is 1.81. The summed E-state index contributed by atoms with van der Waals surface area (Å²) in [6.45, 7) is 4.43. The molecule has 1 nitrogen and oxygen atoms in total. The molecule has 0 saturated heterocycles. The maximum Gasteiger partial charge on any atom is 0.142 e. The van der Waals surface area contributed by atoms with Crippen molar-refractivity contribution in [3.05, 3.63) is 34.6 Å². The summed E-state index contributed by atoms with van der Waals surface area (Å²) in [7, 11) is 0. The number of benzene rings is 1. The van der Waals surface area contributed by atoms with Crippen molar-refractivity contribution in [2.75, 3.05) is 0 Å². The van der Waals surface area contributed by atoms with Crippen LogP contribution in [0.3, 0.4) is 0 Å². The molecule has 1 aliphatic carbocycles. The molecule has 1 aliphatic rings. The van der Waals surface area contributed by atoms with Gasteiger partial charge in [0.1, 0.15) is 5.82 Å². The molecular weight excluding hydrogens is 225 g/mol. The molecule has 2 N–H and O–H groups in total. The number of rotatable bonds is 3. The van der Waals surface area contributed by atoms with Gasteiger partial charge >= 0.3 is 0 Å². The highest BCUT2D eigenvalue weighted by molar-refractivity contribution is 6.31. The second kappa shape index (κ2) is 4.01. The Morgan fingerprint density at radius 1 is 1.56 bits per heavy atom. The summed E-state index contributed by atoms with van der Waals surface area (Å²) in [6, 6.07) is 4.98. The van der Waals surface area contributed by atoms with E-state index in [2.05, 4.69) is 13.8 Å². The van der Waals surface area contributed by atoms with Crippen LogP contribution < -0.4 is 5.73 Å². The molecule has 0 bridgehead atoms. The third-order valence-electron chi connectivity index (χ3n) is 3.59. The topological polar surface area (TPSA) is 26.0 Å². The molecule has 0 radical (unpaired) electrons. The van der Waals surface area contributed by atoms with Crippen molar-refractivity contribution in [1.29, 1.82) is 0 Å². The predicted octanol–water partition coefficient (Wildman–Crippen LogP) is 3.40. The molecule has 1 aromatic rings. The molecule has 1 aromatic carbocycles. The molecule has 0 spiro atoms. The second-order valence-corrected chi connectivity index (χ2v) is 5.76. The Hall–Kier alpha value is -0.600. The average molecular weight is 242 g/mol. The van der Waals surface area contributed by atoms with E-state index in [1.807, 2.05) is 6.07 Å². The molecule has 88 valence electrons. The first kappa shape index (κ1) is 11.9. The van der Waals surface area contributed by atoms with Gasteiger partial charge in [-0.3, -0.25) is 0 Å². The van der Waals surface area contributed by atoms with E-state index in [0.717, 1.165) is 12.0 Å². The van der Waals surface area contributed by atoms with Gasteiger partial charge in [0.25, 0.3) is 0 Å². The van der Waals surface area contributed by atoms with Crippen LogP contribution in [-0.4, -0.2) is 6.04 Å². The van der Waals surface area contributed by atoms with Gasteiger partial charge in [-0.1, -0.05) is 37.6 Å². The average Bonchev–Trinajstić information content (AvgIpc) is 2.83. The molecule has 16 heavy (non-hydrogen) atoms. The molecule has 0 aliphatic heterocycles. The summed E-state index contributed by atoms with van der Waals surface area (Å²) in [5.41, 5.74) is 7.29. The fourth-order valence-corrected chi connectivity index (χ4v) is 2.54. The zero-order valence-corrected chi connectivity index (χ0v) is 10.4. The van der Waals surface area contributed by atoms with Crippen LogP contribution in [-0.2, 0) is 6.42 Å². The van der Waals surface area contributed by atoms with Gasteiger partial charge in [-0.2, -0.15) is 0 Å². The fraction of sp³-hybridized carbons (Fsp3) is 0.538. The van der Waals surface area contributed by atoms with E-state index in [0.29, 0.717) is 17.8 Å². The Kier molecular flexibility index (Phi) is 2.97. The van der Waals surface area contributed by atoms with E-state index >= 15 is 0 Å². The molecule has 1 fully saturated rings. The Morgan fingerprint density at radius 2 is 2.19 bits per heavy atom. The normalized spacial score (nSPS) is 24.2. The van der Waals surface area contributed by atoms with Crippen molar-refractivity contribution in [2.24, 2.45) is 17.1 Å². The van der Waals surface area contributed by atoms with Crippen LogP contribution in [0.25, 0.3) is 0 Å². The Labute approximate surface area is 101 Å². The third-order valence-corrected chi connectivity index (χ3v) is 4.02. The standard InChI is InChI=1S/C13H17ClFN/c1-13(2)7-9(13)11(16)6-8-4-3-5-10(15)12(8)14/h3-5,9,11H,6-7,16H2,1-2H3. The van der Waals surface area contributed by atoms with E-state index < -0.39 is 0 Å². The van der Waals surface area contributed by atoms with Crippen LogP contribution in [0.2, 0.25) is 5.02 Å². The summed E-state index contributed by atoms with van der Waals surface area (Å²) in [5, 5.41) is 0.219. The lowest BCUT2D eigenvalue weighted by Gasteiger charge is -2.14. The van der Waals surface area contributed by atoms with E-state index in [1.54, 1.807) is 6.07 Å². The molecule has 2 atom stereocenters. The monoisotopic (exact) mass is 241 g/mol. The molecule has 1 saturated carbocycles. The number of hydrogen-bond acceptors (Lipinski definition) is 1. The van der Waals surface area contributed by atoms with Crippen molar-refractivity contribution in [3.63, 3.8) is 0 Å². The first-order chi connectivity index (χ1) is 7.42. The van der Waals surface area contributed by atoms with Gasteiger partial charge in [-0.05, 0) is 35.8 Å². The van der Waals surface area contributed by atoms with E-state index in [4.69, 9.17) is 17.3 Å². The molecule has 3 heteroatoms. The van der Waals surface area contributed by atoms with E-state index in [1.165, 1.54) is 6.07 Å². The molecular formula is C13H17ClFN. The van der Waals surface area contributed by atoms with Gasteiger partial charge in [0.15, 0.2) is 0 Å². The lowest BCUT2D eigenvalue weighted by atomic mass is 9.98. The Bertz CT molecular complexity index is 403. The minimum Gasteiger partial charge on any atom is -0.327 e. The highest BCUT2D eigenvalue weighted by Crippen LogP contribution is 2.53. The summed E-state index contributed by atoms with van der Waals surface area (Å²) < 4.78 is 13.2. The largest absolute Gasteiger partial charge is 0.327 e. The summed E-state index contributed by atoms with van der Waals surface area (Å²) in [5.74, 6) is 0.174.